The Bertz CT molecular complexity index is 605. The van der Waals surface area contributed by atoms with Crippen LogP contribution in [0.15, 0.2) is 27.6 Å². The van der Waals surface area contributed by atoms with E-state index in [2.05, 4.69) is 20.7 Å². The average molecular weight is 368 g/mol. The third-order valence-electron chi connectivity index (χ3n) is 2.94. The Morgan fingerprint density at radius 2 is 2.10 bits per heavy atom. The maximum absolute atomic E-state index is 13.0. The number of benzene rings is 1. The second-order valence-corrected chi connectivity index (χ2v) is 6.93. The minimum Gasteiger partial charge on any atom is -0.480 e. The van der Waals surface area contributed by atoms with Crippen LogP contribution in [0, 0.1) is 11.7 Å². The first-order valence-electron chi connectivity index (χ1n) is 5.89. The summed E-state index contributed by atoms with van der Waals surface area (Å²) < 4.78 is 39.5. The maximum Gasteiger partial charge on any atom is 0.322 e. The summed E-state index contributed by atoms with van der Waals surface area (Å²) in [6.45, 7) is 3.41. The summed E-state index contributed by atoms with van der Waals surface area (Å²) in [7, 11) is -4.05. The number of carboxylic acids is 1. The first-order chi connectivity index (χ1) is 9.19. The molecule has 1 aromatic carbocycles. The van der Waals surface area contributed by atoms with Crippen LogP contribution < -0.4 is 4.72 Å². The van der Waals surface area contributed by atoms with Gasteiger partial charge in [-0.3, -0.25) is 4.79 Å². The van der Waals surface area contributed by atoms with Crippen molar-refractivity contribution >= 4 is 31.9 Å². The molecule has 20 heavy (non-hydrogen) atoms. The summed E-state index contributed by atoms with van der Waals surface area (Å²) in [6.07, 6.45) is 0.504. The zero-order valence-corrected chi connectivity index (χ0v) is 13.3. The number of hydrogen-bond acceptors (Lipinski definition) is 3. The van der Waals surface area contributed by atoms with Crippen LogP contribution in [0.2, 0.25) is 0 Å². The van der Waals surface area contributed by atoms with Crippen LogP contribution in [0.5, 0.6) is 0 Å². The van der Waals surface area contributed by atoms with E-state index in [-0.39, 0.29) is 15.3 Å². The highest BCUT2D eigenvalue weighted by Gasteiger charge is 2.30. The van der Waals surface area contributed by atoms with E-state index in [0.717, 1.165) is 18.2 Å². The summed E-state index contributed by atoms with van der Waals surface area (Å²) in [5.74, 6) is -2.21. The predicted molar refractivity (Wildman–Crippen MR) is 75.3 cm³/mol. The van der Waals surface area contributed by atoms with Gasteiger partial charge in [0.1, 0.15) is 11.9 Å². The molecule has 0 amide bonds. The number of halogens is 2. The fourth-order valence-electron chi connectivity index (χ4n) is 1.57. The van der Waals surface area contributed by atoms with Crippen molar-refractivity contribution in [2.45, 2.75) is 31.2 Å². The fourth-order valence-corrected chi connectivity index (χ4v) is 3.92. The Morgan fingerprint density at radius 1 is 1.50 bits per heavy atom. The summed E-state index contributed by atoms with van der Waals surface area (Å²) in [6, 6.07) is 1.85. The number of hydrogen-bond donors (Lipinski definition) is 2. The Balaban J connectivity index is 3.13. The summed E-state index contributed by atoms with van der Waals surface area (Å²) >= 11 is 2.96. The van der Waals surface area contributed by atoms with E-state index < -0.39 is 27.9 Å². The Morgan fingerprint density at radius 3 is 2.55 bits per heavy atom. The van der Waals surface area contributed by atoms with Crippen molar-refractivity contribution in [3.05, 3.63) is 28.5 Å². The van der Waals surface area contributed by atoms with E-state index in [4.69, 9.17) is 5.11 Å². The molecule has 0 unspecified atom stereocenters. The number of rotatable bonds is 6. The molecular formula is C12H15BrFNO4S. The van der Waals surface area contributed by atoms with Gasteiger partial charge in [0.05, 0.1) is 4.90 Å². The van der Waals surface area contributed by atoms with Crippen LogP contribution in [0.3, 0.4) is 0 Å². The van der Waals surface area contributed by atoms with Gasteiger partial charge in [0.15, 0.2) is 0 Å². The standard InChI is InChI=1S/C12H15BrFNO4S/c1-3-7(2)11(12(16)17)15-20(18,19)10-5-4-8(14)6-9(10)13/h4-7,11,15H,3H2,1-2H3,(H,16,17)/t7-,11-/m0/s1. The van der Waals surface area contributed by atoms with E-state index in [9.17, 15) is 17.6 Å². The predicted octanol–water partition coefficient (Wildman–Crippen LogP) is 2.37. The molecule has 0 radical (unpaired) electrons. The number of sulfonamides is 1. The lowest BCUT2D eigenvalue weighted by Gasteiger charge is -2.20. The van der Waals surface area contributed by atoms with Crippen LogP contribution in [-0.2, 0) is 14.8 Å². The van der Waals surface area contributed by atoms with Gasteiger partial charge >= 0.3 is 5.97 Å². The van der Waals surface area contributed by atoms with E-state index in [1.54, 1.807) is 13.8 Å². The van der Waals surface area contributed by atoms with Gasteiger partial charge in [-0.15, -0.1) is 0 Å². The van der Waals surface area contributed by atoms with Crippen molar-refractivity contribution < 1.29 is 22.7 Å². The van der Waals surface area contributed by atoms with Gasteiger partial charge in [-0.1, -0.05) is 20.3 Å². The summed E-state index contributed by atoms with van der Waals surface area (Å²) in [4.78, 5) is 10.9. The van der Waals surface area contributed by atoms with Gasteiger partial charge in [-0.25, -0.2) is 12.8 Å². The van der Waals surface area contributed by atoms with Crippen LogP contribution in [0.4, 0.5) is 4.39 Å². The lowest BCUT2D eigenvalue weighted by Crippen LogP contribution is -2.44. The molecule has 0 saturated heterocycles. The Hall–Kier alpha value is -0.990. The minimum atomic E-state index is -4.05. The molecule has 0 heterocycles. The molecule has 8 heteroatoms. The summed E-state index contributed by atoms with van der Waals surface area (Å²) in [5.41, 5.74) is 0. The zero-order valence-electron chi connectivity index (χ0n) is 10.9. The van der Waals surface area contributed by atoms with Gasteiger partial charge < -0.3 is 5.11 Å². The number of carbonyl (C=O) groups is 1. The van der Waals surface area contributed by atoms with E-state index >= 15 is 0 Å². The molecule has 2 atom stereocenters. The van der Waals surface area contributed by atoms with Crippen molar-refractivity contribution in [1.29, 1.82) is 0 Å². The second-order valence-electron chi connectivity index (χ2n) is 4.40. The van der Waals surface area contributed by atoms with Crippen molar-refractivity contribution in [3.8, 4) is 0 Å². The van der Waals surface area contributed by atoms with Gasteiger partial charge in [-0.2, -0.15) is 4.72 Å². The first-order valence-corrected chi connectivity index (χ1v) is 8.16. The lowest BCUT2D eigenvalue weighted by atomic mass is 10.0. The molecule has 5 nitrogen and oxygen atoms in total. The van der Waals surface area contributed by atoms with Crippen molar-refractivity contribution in [2.24, 2.45) is 5.92 Å². The van der Waals surface area contributed by atoms with Crippen molar-refractivity contribution in [3.63, 3.8) is 0 Å². The highest BCUT2D eigenvalue weighted by Crippen LogP contribution is 2.23. The maximum atomic E-state index is 13.0. The summed E-state index contributed by atoms with van der Waals surface area (Å²) in [5, 5.41) is 9.10. The normalized spacial score (nSPS) is 14.8. The second kappa shape index (κ2) is 6.64. The van der Waals surface area contributed by atoms with Crippen LogP contribution >= 0.6 is 15.9 Å². The molecule has 2 N–H and O–H groups in total. The molecule has 0 fully saturated rings. The molecule has 0 bridgehead atoms. The number of aliphatic carboxylic acids is 1. The first kappa shape index (κ1) is 17.1. The fraction of sp³-hybridized carbons (Fsp3) is 0.417. The molecule has 0 saturated carbocycles. The molecule has 1 rings (SSSR count). The Kier molecular flexibility index (Phi) is 5.67. The van der Waals surface area contributed by atoms with Crippen LogP contribution in [-0.4, -0.2) is 25.5 Å². The average Bonchev–Trinajstić information content (AvgIpc) is 2.34. The van der Waals surface area contributed by atoms with Crippen LogP contribution in [0.25, 0.3) is 0 Å². The number of carboxylic acid groups (broad SMARTS) is 1. The molecule has 0 aromatic heterocycles. The molecule has 1 aromatic rings. The molecule has 0 aliphatic rings. The lowest BCUT2D eigenvalue weighted by molar-refractivity contribution is -0.140. The molecule has 0 spiro atoms. The largest absolute Gasteiger partial charge is 0.480 e. The smallest absolute Gasteiger partial charge is 0.322 e. The Labute approximate surface area is 125 Å². The SMILES string of the molecule is CC[C@H](C)[C@H](NS(=O)(=O)c1ccc(F)cc1Br)C(=O)O. The van der Waals surface area contributed by atoms with Gasteiger partial charge in [0.25, 0.3) is 0 Å². The van der Waals surface area contributed by atoms with E-state index in [0.29, 0.717) is 6.42 Å². The molecular weight excluding hydrogens is 353 g/mol. The van der Waals surface area contributed by atoms with Crippen molar-refractivity contribution in [2.75, 3.05) is 0 Å². The monoisotopic (exact) mass is 367 g/mol. The van der Waals surface area contributed by atoms with E-state index in [1.165, 1.54) is 0 Å². The topological polar surface area (TPSA) is 83.5 Å². The molecule has 0 aliphatic carbocycles. The quantitative estimate of drug-likeness (QED) is 0.808. The van der Waals surface area contributed by atoms with Gasteiger partial charge in [0.2, 0.25) is 10.0 Å². The number of nitrogens with one attached hydrogen (secondary N) is 1. The third kappa shape index (κ3) is 4.00. The molecule has 0 aliphatic heterocycles. The molecule has 112 valence electrons. The van der Waals surface area contributed by atoms with Crippen LogP contribution in [0.1, 0.15) is 20.3 Å². The third-order valence-corrected chi connectivity index (χ3v) is 5.36. The van der Waals surface area contributed by atoms with Gasteiger partial charge in [0, 0.05) is 4.47 Å². The zero-order chi connectivity index (χ0) is 15.5. The van der Waals surface area contributed by atoms with Gasteiger partial charge in [-0.05, 0) is 40.0 Å². The van der Waals surface area contributed by atoms with Crippen molar-refractivity contribution in [1.82, 2.24) is 4.72 Å². The van der Waals surface area contributed by atoms with E-state index in [1.807, 2.05) is 0 Å². The highest BCUT2D eigenvalue weighted by atomic mass is 79.9. The highest BCUT2D eigenvalue weighted by molar-refractivity contribution is 9.10. The minimum absolute atomic E-state index is 0.0401.